The largest absolute Gasteiger partial charge is 0.354 e. The monoisotopic (exact) mass is 332 g/mol. The molecule has 1 saturated heterocycles. The third-order valence-corrected chi connectivity index (χ3v) is 5.72. The van der Waals surface area contributed by atoms with Crippen LogP contribution in [0.25, 0.3) is 0 Å². The zero-order valence-corrected chi connectivity index (χ0v) is 14.2. The van der Waals surface area contributed by atoms with Crippen LogP contribution in [0.3, 0.4) is 0 Å². The van der Waals surface area contributed by atoms with Gasteiger partial charge in [-0.3, -0.25) is 0 Å². The first-order valence-corrected chi connectivity index (χ1v) is 9.12. The molecule has 0 aliphatic carbocycles. The molecule has 6 nitrogen and oxygen atoms in total. The molecule has 0 unspecified atom stereocenters. The van der Waals surface area contributed by atoms with Gasteiger partial charge in [0, 0.05) is 43.9 Å². The molecule has 1 fully saturated rings. The molecule has 0 atom stereocenters. The quantitative estimate of drug-likeness (QED) is 0.783. The average Bonchev–Trinajstić information content (AvgIpc) is 2.46. The molecular weight excluding hydrogens is 312 g/mol. The molecule has 2 heterocycles. The minimum Gasteiger partial charge on any atom is -0.354 e. The van der Waals surface area contributed by atoms with Crippen molar-refractivity contribution in [2.24, 2.45) is 0 Å². The Labute approximate surface area is 131 Å². The number of anilines is 1. The van der Waals surface area contributed by atoms with Gasteiger partial charge < -0.3 is 4.90 Å². The van der Waals surface area contributed by atoms with Crippen LogP contribution < -0.4 is 4.90 Å². The van der Waals surface area contributed by atoms with Crippen molar-refractivity contribution in [1.82, 2.24) is 14.3 Å². The Morgan fingerprint density at radius 3 is 2.38 bits per heavy atom. The zero-order chi connectivity index (χ0) is 15.6. The van der Waals surface area contributed by atoms with Gasteiger partial charge in [-0.1, -0.05) is 13.8 Å². The van der Waals surface area contributed by atoms with Crippen molar-refractivity contribution < 1.29 is 8.42 Å². The van der Waals surface area contributed by atoms with E-state index in [4.69, 9.17) is 11.6 Å². The van der Waals surface area contributed by atoms with Gasteiger partial charge in [-0.15, -0.1) is 11.6 Å². The number of hydrogen-bond acceptors (Lipinski definition) is 5. The molecule has 1 aromatic heterocycles. The summed E-state index contributed by atoms with van der Waals surface area (Å²) >= 11 is 5.49. The zero-order valence-electron chi connectivity index (χ0n) is 12.6. The third-order valence-electron chi connectivity index (χ3n) is 3.47. The SMILES string of the molecule is Cc1cc(N2CCN(S(=O)(=O)CCl)CC2)nc(C(C)C)n1. The van der Waals surface area contributed by atoms with E-state index in [9.17, 15) is 8.42 Å². The maximum atomic E-state index is 11.7. The van der Waals surface area contributed by atoms with Crippen LogP contribution in [0.1, 0.15) is 31.3 Å². The highest BCUT2D eigenvalue weighted by molar-refractivity contribution is 7.90. The molecule has 2 rings (SSSR count). The predicted octanol–water partition coefficient (Wildman–Crippen LogP) is 1.56. The van der Waals surface area contributed by atoms with Crippen molar-refractivity contribution in [3.8, 4) is 0 Å². The molecule has 0 saturated carbocycles. The van der Waals surface area contributed by atoms with Gasteiger partial charge >= 0.3 is 0 Å². The van der Waals surface area contributed by atoms with Crippen molar-refractivity contribution in [2.45, 2.75) is 26.7 Å². The van der Waals surface area contributed by atoms with E-state index < -0.39 is 10.0 Å². The molecule has 0 aromatic carbocycles. The standard InChI is InChI=1S/C13H21ClN4O2S/c1-10(2)13-15-11(3)8-12(16-13)17-4-6-18(7-5-17)21(19,20)9-14/h8,10H,4-7,9H2,1-3H3. The molecule has 1 aliphatic rings. The van der Waals surface area contributed by atoms with Crippen LogP contribution in [-0.2, 0) is 10.0 Å². The summed E-state index contributed by atoms with van der Waals surface area (Å²) in [5.74, 6) is 1.96. The van der Waals surface area contributed by atoms with Crippen LogP contribution in [0, 0.1) is 6.92 Å². The number of piperazine rings is 1. The number of sulfonamides is 1. The van der Waals surface area contributed by atoms with E-state index in [1.165, 1.54) is 4.31 Å². The molecule has 8 heteroatoms. The van der Waals surface area contributed by atoms with Gasteiger partial charge in [0.05, 0.1) is 0 Å². The van der Waals surface area contributed by atoms with Crippen molar-refractivity contribution in [3.63, 3.8) is 0 Å². The summed E-state index contributed by atoms with van der Waals surface area (Å²) < 4.78 is 24.9. The minimum absolute atomic E-state index is 0.265. The van der Waals surface area contributed by atoms with Gasteiger partial charge in [0.15, 0.2) is 0 Å². The lowest BCUT2D eigenvalue weighted by Gasteiger charge is -2.34. The normalized spacial score (nSPS) is 17.5. The Morgan fingerprint density at radius 1 is 1.24 bits per heavy atom. The molecule has 0 bridgehead atoms. The highest BCUT2D eigenvalue weighted by Gasteiger charge is 2.26. The molecule has 118 valence electrons. The summed E-state index contributed by atoms with van der Waals surface area (Å²) in [6.07, 6.45) is 0. The van der Waals surface area contributed by atoms with Crippen molar-refractivity contribution in [1.29, 1.82) is 0 Å². The van der Waals surface area contributed by atoms with E-state index in [0.717, 1.165) is 17.3 Å². The van der Waals surface area contributed by atoms with Crippen LogP contribution in [0.15, 0.2) is 6.07 Å². The van der Waals surface area contributed by atoms with Crippen LogP contribution in [-0.4, -0.2) is 54.1 Å². The van der Waals surface area contributed by atoms with Gasteiger partial charge in [0.25, 0.3) is 0 Å². The Kier molecular flexibility index (Phi) is 5.06. The van der Waals surface area contributed by atoms with E-state index in [2.05, 4.69) is 28.7 Å². The lowest BCUT2D eigenvalue weighted by molar-refractivity contribution is 0.386. The minimum atomic E-state index is -3.32. The summed E-state index contributed by atoms with van der Waals surface area (Å²) in [5, 5.41) is -0.364. The Morgan fingerprint density at radius 2 is 1.86 bits per heavy atom. The smallest absolute Gasteiger partial charge is 0.228 e. The highest BCUT2D eigenvalue weighted by Crippen LogP contribution is 2.19. The fraction of sp³-hybridized carbons (Fsp3) is 0.692. The Bertz CT molecular complexity index is 598. The number of alkyl halides is 1. The summed E-state index contributed by atoms with van der Waals surface area (Å²) in [6.45, 7) is 8.18. The van der Waals surface area contributed by atoms with Gasteiger partial charge in [-0.25, -0.2) is 18.4 Å². The maximum Gasteiger partial charge on any atom is 0.228 e. The summed E-state index contributed by atoms with van der Waals surface area (Å²) in [4.78, 5) is 11.1. The fourth-order valence-corrected chi connectivity index (χ4v) is 3.53. The van der Waals surface area contributed by atoms with Crippen LogP contribution >= 0.6 is 11.6 Å². The maximum absolute atomic E-state index is 11.7. The molecule has 0 amide bonds. The molecular formula is C13H21ClN4O2S. The van der Waals surface area contributed by atoms with Gasteiger partial charge in [0.2, 0.25) is 10.0 Å². The van der Waals surface area contributed by atoms with Gasteiger partial charge in [0.1, 0.15) is 16.9 Å². The summed E-state index contributed by atoms with van der Waals surface area (Å²) in [5.41, 5.74) is 0.930. The number of rotatable bonds is 4. The first-order valence-electron chi connectivity index (χ1n) is 6.98. The van der Waals surface area contributed by atoms with E-state index in [-0.39, 0.29) is 11.1 Å². The number of nitrogens with zero attached hydrogens (tertiary/aromatic N) is 4. The first-order chi connectivity index (χ1) is 9.83. The molecule has 1 aliphatic heterocycles. The lowest BCUT2D eigenvalue weighted by Crippen LogP contribution is -2.49. The second-order valence-electron chi connectivity index (χ2n) is 5.49. The lowest BCUT2D eigenvalue weighted by atomic mass is 10.2. The average molecular weight is 333 g/mol. The number of aromatic nitrogens is 2. The van der Waals surface area contributed by atoms with E-state index in [1.807, 2.05) is 13.0 Å². The highest BCUT2D eigenvalue weighted by atomic mass is 35.5. The first kappa shape index (κ1) is 16.5. The molecule has 0 spiro atoms. The second kappa shape index (κ2) is 6.46. The van der Waals surface area contributed by atoms with Gasteiger partial charge in [-0.2, -0.15) is 4.31 Å². The second-order valence-corrected chi connectivity index (χ2v) is 8.04. The third kappa shape index (κ3) is 3.84. The molecule has 0 N–H and O–H groups in total. The summed E-state index contributed by atoms with van der Waals surface area (Å²) in [6, 6.07) is 1.94. The Hall–Kier alpha value is -0.920. The van der Waals surface area contributed by atoms with E-state index in [1.54, 1.807) is 0 Å². The fourth-order valence-electron chi connectivity index (χ4n) is 2.26. The number of halogens is 1. The topological polar surface area (TPSA) is 66.4 Å². The van der Waals surface area contributed by atoms with Crippen molar-refractivity contribution >= 4 is 27.4 Å². The van der Waals surface area contributed by atoms with Crippen LogP contribution in [0.2, 0.25) is 0 Å². The molecule has 0 radical (unpaired) electrons. The summed E-state index contributed by atoms with van der Waals surface area (Å²) in [7, 11) is -3.32. The molecule has 21 heavy (non-hydrogen) atoms. The van der Waals surface area contributed by atoms with Gasteiger partial charge in [-0.05, 0) is 6.92 Å². The van der Waals surface area contributed by atoms with Crippen LogP contribution in [0.4, 0.5) is 5.82 Å². The van der Waals surface area contributed by atoms with Crippen LogP contribution in [0.5, 0.6) is 0 Å². The number of hydrogen-bond donors (Lipinski definition) is 0. The van der Waals surface area contributed by atoms with E-state index >= 15 is 0 Å². The van der Waals surface area contributed by atoms with E-state index in [0.29, 0.717) is 26.2 Å². The Balaban J connectivity index is 2.12. The molecule has 1 aromatic rings. The van der Waals surface area contributed by atoms with Crippen molar-refractivity contribution in [2.75, 3.05) is 36.3 Å². The van der Waals surface area contributed by atoms with Crippen molar-refractivity contribution in [3.05, 3.63) is 17.6 Å². The number of aryl methyl sites for hydroxylation is 1. The predicted molar refractivity (Wildman–Crippen MR) is 84.3 cm³/mol.